The van der Waals surface area contributed by atoms with E-state index < -0.39 is 0 Å². The van der Waals surface area contributed by atoms with Crippen LogP contribution in [0.5, 0.6) is 0 Å². The summed E-state index contributed by atoms with van der Waals surface area (Å²) in [6, 6.07) is -0.0506. The van der Waals surface area contributed by atoms with E-state index in [0.717, 1.165) is 30.5 Å². The lowest BCUT2D eigenvalue weighted by atomic mass is 9.97. The molecule has 7 nitrogen and oxygen atoms in total. The van der Waals surface area contributed by atoms with Gasteiger partial charge >= 0.3 is 0 Å². The van der Waals surface area contributed by atoms with Gasteiger partial charge in [-0.15, -0.1) is 0 Å². The van der Waals surface area contributed by atoms with Crippen molar-refractivity contribution in [3.63, 3.8) is 0 Å². The van der Waals surface area contributed by atoms with Gasteiger partial charge < -0.3 is 10.1 Å². The van der Waals surface area contributed by atoms with Crippen LogP contribution in [0.3, 0.4) is 0 Å². The maximum atomic E-state index is 12.6. The zero-order valence-electron chi connectivity index (χ0n) is 13.8. The summed E-state index contributed by atoms with van der Waals surface area (Å²) in [4.78, 5) is 12.6. The molecule has 2 aromatic rings. The van der Waals surface area contributed by atoms with Crippen molar-refractivity contribution in [2.75, 3.05) is 6.61 Å². The summed E-state index contributed by atoms with van der Waals surface area (Å²) in [5.41, 5.74) is 2.46. The molecular formula is C16H23N5O2. The number of nitrogens with zero attached hydrogens (tertiary/aromatic N) is 4. The van der Waals surface area contributed by atoms with E-state index >= 15 is 0 Å². The van der Waals surface area contributed by atoms with Crippen molar-refractivity contribution in [1.82, 2.24) is 24.9 Å². The quantitative estimate of drug-likeness (QED) is 0.924. The molecular weight excluding hydrogens is 294 g/mol. The second-order valence-corrected chi connectivity index (χ2v) is 5.98. The van der Waals surface area contributed by atoms with Crippen LogP contribution in [-0.4, -0.2) is 38.1 Å². The minimum atomic E-state index is -0.150. The van der Waals surface area contributed by atoms with Crippen molar-refractivity contribution in [3.8, 4) is 0 Å². The average molecular weight is 317 g/mol. The van der Waals surface area contributed by atoms with Crippen LogP contribution in [0.4, 0.5) is 0 Å². The molecule has 0 bridgehead atoms. The second kappa shape index (κ2) is 6.54. The lowest BCUT2D eigenvalue weighted by Crippen LogP contribution is -2.42. The van der Waals surface area contributed by atoms with Crippen LogP contribution in [0.2, 0.25) is 0 Å². The Morgan fingerprint density at radius 1 is 1.39 bits per heavy atom. The van der Waals surface area contributed by atoms with Gasteiger partial charge in [0.15, 0.2) is 0 Å². The first kappa shape index (κ1) is 15.7. The summed E-state index contributed by atoms with van der Waals surface area (Å²) in [5.74, 6) is -0.0839. The molecule has 2 atom stereocenters. The molecule has 1 amide bonds. The lowest BCUT2D eigenvalue weighted by Gasteiger charge is -2.31. The predicted octanol–water partition coefficient (Wildman–Crippen LogP) is 1.37. The van der Waals surface area contributed by atoms with Crippen LogP contribution >= 0.6 is 0 Å². The summed E-state index contributed by atoms with van der Waals surface area (Å²) in [6.45, 7) is 2.71. The molecule has 3 rings (SSSR count). The van der Waals surface area contributed by atoms with Gasteiger partial charge in [-0.3, -0.25) is 14.2 Å². The minimum absolute atomic E-state index is 0.0506. The number of carbonyl (C=O) groups is 1. The Hall–Kier alpha value is -2.15. The highest BCUT2D eigenvalue weighted by molar-refractivity contribution is 5.95. The van der Waals surface area contributed by atoms with E-state index in [4.69, 9.17) is 4.74 Å². The smallest absolute Gasteiger partial charge is 0.255 e. The van der Waals surface area contributed by atoms with Crippen LogP contribution in [0.1, 0.15) is 47.5 Å². The third kappa shape index (κ3) is 3.29. The number of rotatable bonds is 4. The van der Waals surface area contributed by atoms with Crippen molar-refractivity contribution in [3.05, 3.63) is 35.4 Å². The number of aromatic nitrogens is 4. The zero-order valence-corrected chi connectivity index (χ0v) is 13.8. The second-order valence-electron chi connectivity index (χ2n) is 5.98. The summed E-state index contributed by atoms with van der Waals surface area (Å²) >= 11 is 0. The first-order chi connectivity index (χ1) is 11.1. The predicted molar refractivity (Wildman–Crippen MR) is 85.0 cm³/mol. The molecule has 124 valence electrons. The molecule has 0 aliphatic carbocycles. The molecule has 0 aromatic carbocycles. The van der Waals surface area contributed by atoms with E-state index in [9.17, 15) is 4.79 Å². The topological polar surface area (TPSA) is 74.0 Å². The molecule has 1 fully saturated rings. The molecule has 1 aliphatic heterocycles. The van der Waals surface area contributed by atoms with Crippen molar-refractivity contribution >= 4 is 5.91 Å². The highest BCUT2D eigenvalue weighted by Crippen LogP contribution is 2.28. The number of aryl methyl sites for hydroxylation is 3. The molecule has 0 radical (unpaired) electrons. The molecule has 3 heterocycles. The summed E-state index contributed by atoms with van der Waals surface area (Å²) in [6.07, 6.45) is 7.94. The molecule has 0 unspecified atom stereocenters. The molecule has 1 saturated heterocycles. The Kier molecular flexibility index (Phi) is 4.47. The van der Waals surface area contributed by atoms with Crippen molar-refractivity contribution < 1.29 is 9.53 Å². The maximum absolute atomic E-state index is 12.6. The van der Waals surface area contributed by atoms with Gasteiger partial charge in [0.1, 0.15) is 6.10 Å². The van der Waals surface area contributed by atoms with Gasteiger partial charge in [0, 0.05) is 38.7 Å². The van der Waals surface area contributed by atoms with Gasteiger partial charge in [-0.05, 0) is 19.3 Å². The molecule has 1 N–H and O–H groups in total. The Labute approximate surface area is 135 Å². The normalized spacial score (nSPS) is 21.3. The number of amides is 1. The number of hydrogen-bond acceptors (Lipinski definition) is 4. The van der Waals surface area contributed by atoms with Gasteiger partial charge in [-0.1, -0.05) is 6.92 Å². The van der Waals surface area contributed by atoms with E-state index in [1.54, 1.807) is 21.8 Å². The van der Waals surface area contributed by atoms with Gasteiger partial charge in [0.05, 0.1) is 23.5 Å². The van der Waals surface area contributed by atoms with Crippen molar-refractivity contribution in [2.45, 2.75) is 38.3 Å². The Morgan fingerprint density at radius 3 is 2.91 bits per heavy atom. The molecule has 23 heavy (non-hydrogen) atoms. The Bertz CT molecular complexity index is 690. The Morgan fingerprint density at radius 2 is 2.22 bits per heavy atom. The largest absolute Gasteiger partial charge is 0.371 e. The summed E-state index contributed by atoms with van der Waals surface area (Å²) < 4.78 is 9.34. The molecule has 0 saturated carbocycles. The SMILES string of the molecule is CCc1nn(C)cc1C(=O)N[C@H]1CCCO[C@@H]1c1cnn(C)c1. The standard InChI is InChI=1S/C16H23N5O2/c1-4-13-12(10-21(3)19-13)16(22)18-14-6-5-7-23-15(14)11-8-17-20(2)9-11/h8-10,14-15H,4-7H2,1-3H3,(H,18,22)/t14-,15+/m0/s1. The highest BCUT2D eigenvalue weighted by Gasteiger charge is 2.30. The van der Waals surface area contributed by atoms with Gasteiger partial charge in [-0.2, -0.15) is 10.2 Å². The maximum Gasteiger partial charge on any atom is 0.255 e. The van der Waals surface area contributed by atoms with Crippen LogP contribution < -0.4 is 5.32 Å². The highest BCUT2D eigenvalue weighted by atomic mass is 16.5. The monoisotopic (exact) mass is 317 g/mol. The lowest BCUT2D eigenvalue weighted by molar-refractivity contribution is -0.00950. The Balaban J connectivity index is 1.77. The summed E-state index contributed by atoms with van der Waals surface area (Å²) in [7, 11) is 3.71. The number of hydrogen-bond donors (Lipinski definition) is 1. The number of ether oxygens (including phenoxy) is 1. The third-order valence-electron chi connectivity index (χ3n) is 4.18. The van der Waals surface area contributed by atoms with E-state index in [0.29, 0.717) is 12.2 Å². The molecule has 1 aliphatic rings. The van der Waals surface area contributed by atoms with Crippen molar-refractivity contribution in [1.29, 1.82) is 0 Å². The molecule has 0 spiro atoms. The van der Waals surface area contributed by atoms with Gasteiger partial charge in [0.25, 0.3) is 5.91 Å². The van der Waals surface area contributed by atoms with Gasteiger partial charge in [0.2, 0.25) is 0 Å². The van der Waals surface area contributed by atoms with Crippen molar-refractivity contribution in [2.24, 2.45) is 14.1 Å². The number of carbonyl (C=O) groups excluding carboxylic acids is 1. The fourth-order valence-electron chi connectivity index (χ4n) is 3.08. The van der Waals surface area contributed by atoms with Crippen LogP contribution in [0.15, 0.2) is 18.6 Å². The van der Waals surface area contributed by atoms with Crippen LogP contribution in [0.25, 0.3) is 0 Å². The minimum Gasteiger partial charge on any atom is -0.371 e. The third-order valence-corrected chi connectivity index (χ3v) is 4.18. The first-order valence-electron chi connectivity index (χ1n) is 8.02. The zero-order chi connectivity index (χ0) is 16.4. The summed E-state index contributed by atoms with van der Waals surface area (Å²) in [5, 5.41) is 11.7. The van der Waals surface area contributed by atoms with Crippen LogP contribution in [-0.2, 0) is 25.3 Å². The first-order valence-corrected chi connectivity index (χ1v) is 8.02. The molecule has 7 heteroatoms. The fourth-order valence-corrected chi connectivity index (χ4v) is 3.08. The van der Waals surface area contributed by atoms with E-state index in [-0.39, 0.29) is 18.1 Å². The van der Waals surface area contributed by atoms with E-state index in [2.05, 4.69) is 15.5 Å². The average Bonchev–Trinajstić information content (AvgIpc) is 3.13. The fraction of sp³-hybridized carbons (Fsp3) is 0.562. The van der Waals surface area contributed by atoms with Crippen LogP contribution in [0, 0.1) is 0 Å². The van der Waals surface area contributed by atoms with E-state index in [1.165, 1.54) is 0 Å². The van der Waals surface area contributed by atoms with E-state index in [1.807, 2.05) is 27.2 Å². The van der Waals surface area contributed by atoms with Gasteiger partial charge in [-0.25, -0.2) is 0 Å². The number of nitrogens with one attached hydrogen (secondary N) is 1. The molecule has 2 aromatic heterocycles.